The first-order valence-corrected chi connectivity index (χ1v) is 6.04. The summed E-state index contributed by atoms with van der Waals surface area (Å²) in [6.07, 6.45) is 3.07. The minimum atomic E-state index is -0.898. The van der Waals surface area contributed by atoms with Crippen molar-refractivity contribution < 1.29 is 13.6 Å². The lowest BCUT2D eigenvalue weighted by Gasteiger charge is -2.05. The van der Waals surface area contributed by atoms with Crippen LogP contribution in [0.2, 0.25) is 0 Å². The average molecular weight is 256 g/mol. The van der Waals surface area contributed by atoms with Crippen molar-refractivity contribution in [2.75, 3.05) is 6.54 Å². The number of hydrogen-bond donors (Lipinski definition) is 2. The number of rotatable bonds is 7. The maximum atomic E-state index is 12.9. The molecule has 0 bridgehead atoms. The van der Waals surface area contributed by atoms with Crippen LogP contribution in [0.1, 0.15) is 31.2 Å². The normalized spacial score (nSPS) is 10.4. The molecule has 0 atom stereocenters. The van der Waals surface area contributed by atoms with Gasteiger partial charge >= 0.3 is 0 Å². The number of nitrogens with one attached hydrogen (secondary N) is 1. The van der Waals surface area contributed by atoms with Gasteiger partial charge in [-0.1, -0.05) is 12.5 Å². The van der Waals surface area contributed by atoms with E-state index in [0.717, 1.165) is 31.4 Å². The lowest BCUT2D eigenvalue weighted by atomic mass is 10.1. The molecule has 100 valence electrons. The second-order valence-corrected chi connectivity index (χ2v) is 4.12. The molecule has 0 aromatic heterocycles. The van der Waals surface area contributed by atoms with Crippen molar-refractivity contribution in [2.24, 2.45) is 5.73 Å². The van der Waals surface area contributed by atoms with Crippen molar-refractivity contribution in [3.8, 4) is 0 Å². The summed E-state index contributed by atoms with van der Waals surface area (Å²) >= 11 is 0. The number of carbonyl (C=O) groups excluding carboxylic acids is 1. The van der Waals surface area contributed by atoms with Gasteiger partial charge < -0.3 is 11.1 Å². The Kier molecular flexibility index (Phi) is 6.28. The fourth-order valence-corrected chi connectivity index (χ4v) is 1.55. The highest BCUT2D eigenvalue weighted by atomic mass is 19.2. The maximum absolute atomic E-state index is 12.9. The zero-order valence-corrected chi connectivity index (χ0v) is 10.2. The van der Waals surface area contributed by atoms with Gasteiger partial charge in [-0.05, 0) is 37.1 Å². The lowest BCUT2D eigenvalue weighted by Crippen LogP contribution is -2.22. The zero-order valence-electron chi connectivity index (χ0n) is 10.2. The number of unbranched alkanes of at least 4 members (excludes halogenated alkanes) is 2. The van der Waals surface area contributed by atoms with Crippen LogP contribution in [-0.2, 0) is 11.3 Å². The summed E-state index contributed by atoms with van der Waals surface area (Å²) in [5.74, 6) is -1.87. The summed E-state index contributed by atoms with van der Waals surface area (Å²) in [5.41, 5.74) is 5.89. The van der Waals surface area contributed by atoms with Crippen molar-refractivity contribution in [1.29, 1.82) is 0 Å². The second kappa shape index (κ2) is 7.76. The molecule has 0 radical (unpaired) electrons. The average Bonchev–Trinajstić information content (AvgIpc) is 2.36. The molecule has 0 saturated heterocycles. The summed E-state index contributed by atoms with van der Waals surface area (Å²) in [5, 5.41) is 2.66. The van der Waals surface area contributed by atoms with E-state index in [1.165, 1.54) is 6.07 Å². The Morgan fingerprint density at radius 1 is 1.17 bits per heavy atom. The van der Waals surface area contributed by atoms with Crippen LogP contribution in [0.3, 0.4) is 0 Å². The van der Waals surface area contributed by atoms with Crippen LogP contribution in [0.4, 0.5) is 8.78 Å². The molecule has 18 heavy (non-hydrogen) atoms. The first-order chi connectivity index (χ1) is 8.63. The molecule has 1 aromatic carbocycles. The van der Waals surface area contributed by atoms with Crippen molar-refractivity contribution in [2.45, 2.75) is 32.2 Å². The molecule has 5 heteroatoms. The molecule has 3 nitrogen and oxygen atoms in total. The van der Waals surface area contributed by atoms with Crippen molar-refractivity contribution in [1.82, 2.24) is 5.32 Å². The number of benzene rings is 1. The van der Waals surface area contributed by atoms with E-state index in [2.05, 4.69) is 5.32 Å². The number of nitrogens with two attached hydrogens (primary N) is 1. The van der Waals surface area contributed by atoms with E-state index in [1.807, 2.05) is 0 Å². The Hall–Kier alpha value is -1.49. The molecule has 1 aromatic rings. The van der Waals surface area contributed by atoms with Gasteiger partial charge in [0.25, 0.3) is 0 Å². The van der Waals surface area contributed by atoms with E-state index in [4.69, 9.17) is 5.73 Å². The molecule has 0 aliphatic rings. The van der Waals surface area contributed by atoms with E-state index in [-0.39, 0.29) is 12.5 Å². The van der Waals surface area contributed by atoms with E-state index >= 15 is 0 Å². The molecule has 0 unspecified atom stereocenters. The topological polar surface area (TPSA) is 55.1 Å². The summed E-state index contributed by atoms with van der Waals surface area (Å²) in [7, 11) is 0. The molecule has 0 spiro atoms. The molecule has 3 N–H and O–H groups in total. The molecule has 0 fully saturated rings. The monoisotopic (exact) mass is 256 g/mol. The number of amides is 1. The van der Waals surface area contributed by atoms with Gasteiger partial charge in [0.1, 0.15) is 0 Å². The van der Waals surface area contributed by atoms with Crippen molar-refractivity contribution >= 4 is 5.91 Å². The summed E-state index contributed by atoms with van der Waals surface area (Å²) < 4.78 is 25.6. The lowest BCUT2D eigenvalue weighted by molar-refractivity contribution is -0.121. The number of halogens is 2. The van der Waals surface area contributed by atoms with Gasteiger partial charge in [0.2, 0.25) is 5.91 Å². The van der Waals surface area contributed by atoms with Gasteiger partial charge in [0.05, 0.1) is 0 Å². The van der Waals surface area contributed by atoms with E-state index < -0.39 is 11.6 Å². The predicted molar refractivity (Wildman–Crippen MR) is 65.7 cm³/mol. The fourth-order valence-electron chi connectivity index (χ4n) is 1.55. The zero-order chi connectivity index (χ0) is 13.4. The quantitative estimate of drug-likeness (QED) is 0.734. The van der Waals surface area contributed by atoms with Gasteiger partial charge in [0, 0.05) is 13.0 Å². The SMILES string of the molecule is NCCCCCC(=O)NCc1ccc(F)c(F)c1. The van der Waals surface area contributed by atoms with Crippen LogP contribution in [0.25, 0.3) is 0 Å². The highest BCUT2D eigenvalue weighted by Crippen LogP contribution is 2.08. The summed E-state index contributed by atoms with van der Waals surface area (Å²) in [6, 6.07) is 3.59. The second-order valence-electron chi connectivity index (χ2n) is 4.12. The molecule has 1 rings (SSSR count). The number of hydrogen-bond acceptors (Lipinski definition) is 2. The minimum absolute atomic E-state index is 0.0863. The van der Waals surface area contributed by atoms with Crippen molar-refractivity contribution in [3.63, 3.8) is 0 Å². The highest BCUT2D eigenvalue weighted by Gasteiger charge is 2.04. The predicted octanol–water partition coefficient (Wildman–Crippen LogP) is 2.10. The Morgan fingerprint density at radius 2 is 1.94 bits per heavy atom. The smallest absolute Gasteiger partial charge is 0.220 e. The Bertz CT molecular complexity index is 397. The Labute approximate surface area is 105 Å². The Balaban J connectivity index is 2.27. The molecular formula is C13H18F2N2O. The van der Waals surface area contributed by atoms with E-state index in [9.17, 15) is 13.6 Å². The van der Waals surface area contributed by atoms with Crippen LogP contribution in [0, 0.1) is 11.6 Å². The van der Waals surface area contributed by atoms with E-state index in [0.29, 0.717) is 18.5 Å². The molecule has 0 aliphatic heterocycles. The molecule has 0 heterocycles. The first kappa shape index (κ1) is 14.6. The molecule has 0 aliphatic carbocycles. The molecule has 0 saturated carbocycles. The first-order valence-electron chi connectivity index (χ1n) is 6.04. The third-order valence-corrected chi connectivity index (χ3v) is 2.58. The minimum Gasteiger partial charge on any atom is -0.352 e. The highest BCUT2D eigenvalue weighted by molar-refractivity contribution is 5.75. The van der Waals surface area contributed by atoms with Crippen LogP contribution in [0.15, 0.2) is 18.2 Å². The van der Waals surface area contributed by atoms with Gasteiger partial charge in [-0.3, -0.25) is 4.79 Å². The van der Waals surface area contributed by atoms with Gasteiger partial charge in [-0.25, -0.2) is 8.78 Å². The standard InChI is InChI=1S/C13H18F2N2O/c14-11-6-5-10(8-12(11)15)9-17-13(18)4-2-1-3-7-16/h5-6,8H,1-4,7,9,16H2,(H,17,18). The van der Waals surface area contributed by atoms with Gasteiger partial charge in [0.15, 0.2) is 11.6 Å². The molecule has 1 amide bonds. The van der Waals surface area contributed by atoms with Crippen LogP contribution in [0.5, 0.6) is 0 Å². The maximum Gasteiger partial charge on any atom is 0.220 e. The Morgan fingerprint density at radius 3 is 2.61 bits per heavy atom. The summed E-state index contributed by atoms with van der Waals surface area (Å²) in [4.78, 5) is 11.4. The van der Waals surface area contributed by atoms with Crippen LogP contribution in [-0.4, -0.2) is 12.5 Å². The van der Waals surface area contributed by atoms with Gasteiger partial charge in [-0.2, -0.15) is 0 Å². The fraction of sp³-hybridized carbons (Fsp3) is 0.462. The molecular weight excluding hydrogens is 238 g/mol. The third kappa shape index (κ3) is 5.23. The summed E-state index contributed by atoms with van der Waals surface area (Å²) in [6.45, 7) is 0.851. The number of carbonyl (C=O) groups is 1. The third-order valence-electron chi connectivity index (χ3n) is 2.58. The van der Waals surface area contributed by atoms with Crippen molar-refractivity contribution in [3.05, 3.63) is 35.4 Å². The largest absolute Gasteiger partial charge is 0.352 e. The van der Waals surface area contributed by atoms with Crippen LogP contribution < -0.4 is 11.1 Å². The van der Waals surface area contributed by atoms with Crippen LogP contribution >= 0.6 is 0 Å². The van der Waals surface area contributed by atoms with Gasteiger partial charge in [-0.15, -0.1) is 0 Å². The van der Waals surface area contributed by atoms with E-state index in [1.54, 1.807) is 0 Å².